The molecule has 0 aliphatic carbocycles. The maximum atomic E-state index is 12.4. The van der Waals surface area contributed by atoms with E-state index in [0.29, 0.717) is 27.5 Å². The first-order valence-corrected chi connectivity index (χ1v) is 11.9. The van der Waals surface area contributed by atoms with Gasteiger partial charge < -0.3 is 10.6 Å². The number of aromatic amines is 1. The Hall–Kier alpha value is -2.11. The Kier molecular flexibility index (Phi) is 8.33. The molecule has 3 aromatic rings. The van der Waals surface area contributed by atoms with Gasteiger partial charge in [0.25, 0.3) is 5.91 Å². The average Bonchev–Trinajstić information content (AvgIpc) is 3.20. The van der Waals surface area contributed by atoms with Gasteiger partial charge in [-0.05, 0) is 76.5 Å². The van der Waals surface area contributed by atoms with Gasteiger partial charge in [-0.25, -0.2) is 4.98 Å². The van der Waals surface area contributed by atoms with Crippen molar-refractivity contribution in [1.29, 1.82) is 0 Å². The minimum absolute atomic E-state index is 0.129. The third-order valence-corrected chi connectivity index (χ3v) is 6.05. The molecule has 10 heteroatoms. The number of halogens is 2. The molecule has 2 amide bonds. The van der Waals surface area contributed by atoms with Gasteiger partial charge in [0.2, 0.25) is 11.1 Å². The molecule has 31 heavy (non-hydrogen) atoms. The van der Waals surface area contributed by atoms with Crippen LogP contribution in [0.25, 0.3) is 0 Å². The number of amides is 2. The summed E-state index contributed by atoms with van der Waals surface area (Å²) in [6.45, 7) is 4.38. The van der Waals surface area contributed by atoms with Gasteiger partial charge in [-0.2, -0.15) is 0 Å². The molecule has 0 aliphatic rings. The molecule has 0 fully saturated rings. The Morgan fingerprint density at radius 1 is 1.19 bits per heavy atom. The smallest absolute Gasteiger partial charge is 0.251 e. The molecule has 2 aromatic carbocycles. The predicted molar refractivity (Wildman–Crippen MR) is 132 cm³/mol. The van der Waals surface area contributed by atoms with Crippen LogP contribution in [0.3, 0.4) is 0 Å². The molecule has 162 valence electrons. The monoisotopic (exact) mass is 569 g/mol. The highest BCUT2D eigenvalue weighted by molar-refractivity contribution is 14.1. The minimum Gasteiger partial charge on any atom is -0.345 e. The molecule has 0 saturated carbocycles. The number of H-pyrrole nitrogens is 1. The maximum Gasteiger partial charge on any atom is 0.251 e. The summed E-state index contributed by atoms with van der Waals surface area (Å²) in [5.74, 6) is 0.620. The van der Waals surface area contributed by atoms with Crippen molar-refractivity contribution in [2.75, 3.05) is 11.1 Å². The van der Waals surface area contributed by atoms with Gasteiger partial charge in [-0.1, -0.05) is 37.2 Å². The lowest BCUT2D eigenvalue weighted by atomic mass is 10.0. The molecule has 0 bridgehead atoms. The van der Waals surface area contributed by atoms with Crippen molar-refractivity contribution in [1.82, 2.24) is 20.5 Å². The van der Waals surface area contributed by atoms with Crippen LogP contribution < -0.4 is 10.6 Å². The molecule has 7 nitrogen and oxygen atoms in total. The molecule has 3 N–H and O–H groups in total. The van der Waals surface area contributed by atoms with Gasteiger partial charge in [-0.15, -0.1) is 5.10 Å². The lowest BCUT2D eigenvalue weighted by Gasteiger charge is -2.14. The zero-order chi connectivity index (χ0) is 22.4. The van der Waals surface area contributed by atoms with Crippen molar-refractivity contribution in [3.8, 4) is 0 Å². The zero-order valence-electron chi connectivity index (χ0n) is 16.9. The summed E-state index contributed by atoms with van der Waals surface area (Å²) >= 11 is 9.32. The lowest BCUT2D eigenvalue weighted by molar-refractivity contribution is -0.113. The van der Waals surface area contributed by atoms with E-state index in [0.717, 1.165) is 14.8 Å². The van der Waals surface area contributed by atoms with Gasteiger partial charge in [0.15, 0.2) is 0 Å². The molecule has 0 unspecified atom stereocenters. The van der Waals surface area contributed by atoms with Gasteiger partial charge in [0, 0.05) is 19.8 Å². The van der Waals surface area contributed by atoms with E-state index in [9.17, 15) is 9.59 Å². The number of carbonyl (C=O) groups is 2. The van der Waals surface area contributed by atoms with E-state index in [2.05, 4.69) is 68.3 Å². The van der Waals surface area contributed by atoms with Gasteiger partial charge in [0.1, 0.15) is 5.82 Å². The van der Waals surface area contributed by atoms with Crippen molar-refractivity contribution in [2.45, 2.75) is 31.5 Å². The highest BCUT2D eigenvalue weighted by atomic mass is 127. The van der Waals surface area contributed by atoms with Crippen LogP contribution in [-0.2, 0) is 11.3 Å². The minimum atomic E-state index is -0.236. The number of anilines is 1. The molecule has 0 aliphatic heterocycles. The first-order chi connectivity index (χ1) is 14.8. The van der Waals surface area contributed by atoms with Gasteiger partial charge in [0.05, 0.1) is 12.3 Å². The Morgan fingerprint density at radius 2 is 1.94 bits per heavy atom. The Morgan fingerprint density at radius 3 is 2.65 bits per heavy atom. The fraction of sp³-hybridized carbons (Fsp3) is 0.238. The molecule has 0 radical (unpaired) electrons. The maximum absolute atomic E-state index is 12.4. The first-order valence-electron chi connectivity index (χ1n) is 9.49. The Bertz CT molecular complexity index is 1070. The van der Waals surface area contributed by atoms with Crippen LogP contribution in [0.1, 0.15) is 41.5 Å². The van der Waals surface area contributed by atoms with Crippen molar-refractivity contribution in [3.05, 3.63) is 68.0 Å². The summed E-state index contributed by atoms with van der Waals surface area (Å²) in [6.07, 6.45) is 0. The van der Waals surface area contributed by atoms with Crippen molar-refractivity contribution >= 4 is 63.5 Å². The number of hydrogen-bond donors (Lipinski definition) is 3. The highest BCUT2D eigenvalue weighted by Gasteiger charge is 2.13. The number of benzene rings is 2. The van der Waals surface area contributed by atoms with E-state index in [-0.39, 0.29) is 24.1 Å². The number of aromatic nitrogens is 3. The van der Waals surface area contributed by atoms with E-state index in [1.807, 2.05) is 12.1 Å². The lowest BCUT2D eigenvalue weighted by Crippen LogP contribution is -2.23. The molecule has 0 saturated heterocycles. The summed E-state index contributed by atoms with van der Waals surface area (Å²) in [5, 5.41) is 13.6. The van der Waals surface area contributed by atoms with Crippen molar-refractivity contribution in [3.63, 3.8) is 0 Å². The van der Waals surface area contributed by atoms with Crippen LogP contribution >= 0.6 is 46.0 Å². The topological polar surface area (TPSA) is 99.8 Å². The van der Waals surface area contributed by atoms with Crippen molar-refractivity contribution < 1.29 is 9.59 Å². The third-order valence-electron chi connectivity index (χ3n) is 4.28. The van der Waals surface area contributed by atoms with Crippen LogP contribution in [0.4, 0.5) is 5.69 Å². The number of thioether (sulfide) groups is 1. The summed E-state index contributed by atoms with van der Waals surface area (Å²) in [5.41, 5.74) is 2.43. The second-order valence-electron chi connectivity index (χ2n) is 6.98. The third kappa shape index (κ3) is 6.94. The highest BCUT2D eigenvalue weighted by Crippen LogP contribution is 2.26. The molecular formula is C21H21ClIN5O2S. The normalized spacial score (nSPS) is 10.9. The van der Waals surface area contributed by atoms with Gasteiger partial charge >= 0.3 is 0 Å². The van der Waals surface area contributed by atoms with E-state index < -0.39 is 0 Å². The SMILES string of the molecule is CC(C)c1cc(I)ccc1NC(=O)CSc1n[nH]c(CNC(=O)c2ccc(Cl)cc2)n1. The Balaban J connectivity index is 1.49. The fourth-order valence-corrected chi connectivity index (χ4v) is 3.99. The summed E-state index contributed by atoms with van der Waals surface area (Å²) < 4.78 is 1.13. The summed E-state index contributed by atoms with van der Waals surface area (Å²) in [7, 11) is 0. The van der Waals surface area contributed by atoms with Crippen molar-refractivity contribution in [2.24, 2.45) is 0 Å². The molecule has 1 aromatic heterocycles. The van der Waals surface area contributed by atoms with E-state index >= 15 is 0 Å². The standard InChI is InChI=1S/C21H21ClIN5O2S/c1-12(2)16-9-15(23)7-8-17(16)25-19(29)11-31-21-26-18(27-28-21)10-24-20(30)13-3-5-14(22)6-4-13/h3-9,12H,10-11H2,1-2H3,(H,24,30)(H,25,29)(H,26,27,28). The quantitative estimate of drug-likeness (QED) is 0.266. The number of rotatable bonds is 8. The van der Waals surface area contributed by atoms with Crippen LogP contribution in [0.2, 0.25) is 5.02 Å². The second-order valence-corrected chi connectivity index (χ2v) is 9.60. The van der Waals surface area contributed by atoms with Crippen LogP contribution in [0, 0.1) is 3.57 Å². The number of carbonyl (C=O) groups excluding carboxylic acids is 2. The van der Waals surface area contributed by atoms with E-state index in [1.54, 1.807) is 24.3 Å². The van der Waals surface area contributed by atoms with Crippen LogP contribution in [0.15, 0.2) is 47.6 Å². The number of hydrogen-bond acceptors (Lipinski definition) is 5. The summed E-state index contributed by atoms with van der Waals surface area (Å²) in [4.78, 5) is 28.8. The number of nitrogens with zero attached hydrogens (tertiary/aromatic N) is 2. The Labute approximate surface area is 203 Å². The zero-order valence-corrected chi connectivity index (χ0v) is 20.6. The molecule has 1 heterocycles. The van der Waals surface area contributed by atoms with E-state index in [1.165, 1.54) is 11.8 Å². The number of nitrogens with one attached hydrogen (secondary N) is 3. The van der Waals surface area contributed by atoms with Gasteiger partial charge in [-0.3, -0.25) is 14.7 Å². The first kappa shape index (κ1) is 23.6. The molecular weight excluding hydrogens is 549 g/mol. The molecule has 3 rings (SSSR count). The molecule has 0 spiro atoms. The largest absolute Gasteiger partial charge is 0.345 e. The van der Waals surface area contributed by atoms with Crippen LogP contribution in [0.5, 0.6) is 0 Å². The predicted octanol–water partition coefficient (Wildman–Crippen LogP) is 4.85. The van der Waals surface area contributed by atoms with Crippen LogP contribution in [-0.4, -0.2) is 32.7 Å². The van der Waals surface area contributed by atoms with E-state index in [4.69, 9.17) is 11.6 Å². The summed E-state index contributed by atoms with van der Waals surface area (Å²) in [6, 6.07) is 12.6. The molecule has 0 atom stereocenters. The second kappa shape index (κ2) is 11.0. The average molecular weight is 570 g/mol. The fourth-order valence-electron chi connectivity index (χ4n) is 2.73.